The van der Waals surface area contributed by atoms with Gasteiger partial charge in [-0.2, -0.15) is 11.8 Å². The second-order valence-electron chi connectivity index (χ2n) is 4.94. The van der Waals surface area contributed by atoms with E-state index in [1.807, 2.05) is 6.26 Å². The first-order valence-electron chi connectivity index (χ1n) is 7.21. The van der Waals surface area contributed by atoms with Crippen molar-refractivity contribution in [1.29, 1.82) is 0 Å². The quantitative estimate of drug-likeness (QED) is 0.572. The molecule has 2 aromatic heterocycles. The van der Waals surface area contributed by atoms with Crippen molar-refractivity contribution in [1.82, 2.24) is 20.0 Å². The molecule has 0 bridgehead atoms. The van der Waals surface area contributed by atoms with E-state index in [0.717, 1.165) is 16.7 Å². The summed E-state index contributed by atoms with van der Waals surface area (Å²) in [7, 11) is 0. The normalized spacial score (nSPS) is 11.0. The molecule has 0 unspecified atom stereocenters. The van der Waals surface area contributed by atoms with Gasteiger partial charge in [0.05, 0.1) is 10.2 Å². The predicted molar refractivity (Wildman–Crippen MR) is 94.5 cm³/mol. The van der Waals surface area contributed by atoms with Crippen LogP contribution in [0.4, 0.5) is 10.2 Å². The minimum atomic E-state index is -0.732. The van der Waals surface area contributed by atoms with Gasteiger partial charge in [0.2, 0.25) is 11.6 Å². The number of halogens is 2. The maximum Gasteiger partial charge on any atom is 0.446 e. The summed E-state index contributed by atoms with van der Waals surface area (Å²) in [6.45, 7) is 0.659. The molecule has 0 atom stereocenters. The van der Waals surface area contributed by atoms with Crippen molar-refractivity contribution >= 4 is 33.5 Å². The lowest BCUT2D eigenvalue weighted by Gasteiger charge is -2.05. The summed E-state index contributed by atoms with van der Waals surface area (Å²) < 4.78 is 24.3. The molecule has 0 saturated carbocycles. The Balaban J connectivity index is 1.96. The molecule has 0 aliphatic heterocycles. The van der Waals surface area contributed by atoms with Crippen LogP contribution in [0.15, 0.2) is 36.6 Å². The second kappa shape index (κ2) is 7.83. The van der Waals surface area contributed by atoms with Gasteiger partial charge in [-0.25, -0.2) is 18.4 Å². The number of hydrogen-bond donors (Lipinski definition) is 1. The SMILES string of the molecule is CSCCCNc1nonc1-c1noc(=O)n1-c1ccc(F)c(Br)c1. The molecule has 1 N–H and O–H groups in total. The monoisotopic (exact) mass is 429 g/mol. The highest BCUT2D eigenvalue weighted by molar-refractivity contribution is 9.10. The van der Waals surface area contributed by atoms with Crippen molar-refractivity contribution < 1.29 is 13.5 Å². The Bertz CT molecular complexity index is 925. The highest BCUT2D eigenvalue weighted by atomic mass is 79.9. The van der Waals surface area contributed by atoms with Crippen molar-refractivity contribution in [2.45, 2.75) is 6.42 Å². The number of benzene rings is 1. The number of nitrogens with one attached hydrogen (secondary N) is 1. The molecule has 0 radical (unpaired) electrons. The maximum atomic E-state index is 13.5. The summed E-state index contributed by atoms with van der Waals surface area (Å²) in [5.41, 5.74) is 0.598. The Kier molecular flexibility index (Phi) is 5.53. The fourth-order valence-corrected chi connectivity index (χ4v) is 2.93. The lowest BCUT2D eigenvalue weighted by molar-refractivity contribution is 0.309. The van der Waals surface area contributed by atoms with Crippen molar-refractivity contribution in [3.8, 4) is 17.2 Å². The molecule has 1 aromatic carbocycles. The maximum absolute atomic E-state index is 13.5. The van der Waals surface area contributed by atoms with Crippen molar-refractivity contribution in [3.05, 3.63) is 39.0 Å². The lowest BCUT2D eigenvalue weighted by Crippen LogP contribution is -2.14. The van der Waals surface area contributed by atoms with Crippen LogP contribution >= 0.6 is 27.7 Å². The topological polar surface area (TPSA) is 99.0 Å². The summed E-state index contributed by atoms with van der Waals surface area (Å²) in [4.78, 5) is 12.1. The van der Waals surface area contributed by atoms with Crippen LogP contribution in [0.1, 0.15) is 6.42 Å². The van der Waals surface area contributed by atoms with Gasteiger partial charge in [0.15, 0.2) is 5.69 Å². The zero-order valence-corrected chi connectivity index (χ0v) is 15.4. The molecule has 2 heterocycles. The Morgan fingerprint density at radius 2 is 2.20 bits per heavy atom. The fourth-order valence-electron chi connectivity index (χ4n) is 2.13. The van der Waals surface area contributed by atoms with Gasteiger partial charge in [0.25, 0.3) is 0 Å². The van der Waals surface area contributed by atoms with E-state index >= 15 is 0 Å². The zero-order valence-electron chi connectivity index (χ0n) is 13.0. The number of nitrogens with zero attached hydrogens (tertiary/aromatic N) is 4. The molecule has 0 spiro atoms. The molecule has 25 heavy (non-hydrogen) atoms. The van der Waals surface area contributed by atoms with Gasteiger partial charge in [-0.05, 0) is 62.9 Å². The van der Waals surface area contributed by atoms with Crippen LogP contribution in [0.5, 0.6) is 0 Å². The molecule has 8 nitrogen and oxygen atoms in total. The average Bonchev–Trinajstić information content (AvgIpc) is 3.20. The van der Waals surface area contributed by atoms with E-state index in [1.54, 1.807) is 11.8 Å². The minimum absolute atomic E-state index is 0.108. The molecule has 0 saturated heterocycles. The number of hydrogen-bond acceptors (Lipinski definition) is 8. The van der Waals surface area contributed by atoms with Gasteiger partial charge in [0, 0.05) is 6.54 Å². The summed E-state index contributed by atoms with van der Waals surface area (Å²) in [5.74, 6) is 0.270. The van der Waals surface area contributed by atoms with Crippen molar-refractivity contribution in [2.75, 3.05) is 23.9 Å². The second-order valence-corrected chi connectivity index (χ2v) is 6.78. The first-order chi connectivity index (χ1) is 12.1. The van der Waals surface area contributed by atoms with E-state index in [4.69, 9.17) is 9.15 Å². The molecule has 3 rings (SSSR count). The van der Waals surface area contributed by atoms with Gasteiger partial charge in [-0.15, -0.1) is 0 Å². The summed E-state index contributed by atoms with van der Waals surface area (Å²) in [6, 6.07) is 4.10. The van der Waals surface area contributed by atoms with Crippen LogP contribution in [0.25, 0.3) is 17.2 Å². The third-order valence-corrected chi connectivity index (χ3v) is 4.59. The molecule has 11 heteroatoms. The molecule has 0 fully saturated rings. The van der Waals surface area contributed by atoms with Crippen LogP contribution in [0, 0.1) is 5.82 Å². The summed E-state index contributed by atoms with van der Waals surface area (Å²) in [6.07, 6.45) is 2.95. The van der Waals surface area contributed by atoms with Crippen LogP contribution in [-0.2, 0) is 0 Å². The van der Waals surface area contributed by atoms with Crippen LogP contribution in [0.3, 0.4) is 0 Å². The van der Waals surface area contributed by atoms with E-state index < -0.39 is 11.6 Å². The fraction of sp³-hybridized carbons (Fsp3) is 0.286. The lowest BCUT2D eigenvalue weighted by atomic mass is 10.3. The zero-order chi connectivity index (χ0) is 17.8. The van der Waals surface area contributed by atoms with E-state index in [9.17, 15) is 9.18 Å². The van der Waals surface area contributed by atoms with Crippen LogP contribution in [0.2, 0.25) is 0 Å². The first kappa shape index (κ1) is 17.7. The van der Waals surface area contributed by atoms with E-state index in [1.165, 1.54) is 18.2 Å². The number of aromatic nitrogens is 4. The number of thioether (sulfide) groups is 1. The van der Waals surface area contributed by atoms with E-state index in [2.05, 4.69) is 36.7 Å². The molecule has 132 valence electrons. The van der Waals surface area contributed by atoms with Crippen LogP contribution in [-0.4, -0.2) is 38.6 Å². The third kappa shape index (κ3) is 3.76. The molecular weight excluding hydrogens is 417 g/mol. The van der Waals surface area contributed by atoms with Gasteiger partial charge in [-0.1, -0.05) is 5.16 Å². The summed E-state index contributed by atoms with van der Waals surface area (Å²) >= 11 is 4.83. The third-order valence-electron chi connectivity index (χ3n) is 3.28. The molecule has 0 aliphatic rings. The average molecular weight is 430 g/mol. The van der Waals surface area contributed by atoms with Gasteiger partial charge in [-0.3, -0.25) is 4.52 Å². The highest BCUT2D eigenvalue weighted by Crippen LogP contribution is 2.26. The van der Waals surface area contributed by atoms with Crippen molar-refractivity contribution in [3.63, 3.8) is 0 Å². The smallest absolute Gasteiger partial charge is 0.365 e. The van der Waals surface area contributed by atoms with Gasteiger partial charge in [0.1, 0.15) is 5.82 Å². The highest BCUT2D eigenvalue weighted by Gasteiger charge is 2.22. The van der Waals surface area contributed by atoms with E-state index in [0.29, 0.717) is 18.1 Å². The predicted octanol–water partition coefficient (Wildman–Crippen LogP) is 2.94. The van der Waals surface area contributed by atoms with E-state index in [-0.39, 0.29) is 16.0 Å². The largest absolute Gasteiger partial charge is 0.446 e. The van der Waals surface area contributed by atoms with Gasteiger partial charge >= 0.3 is 5.76 Å². The van der Waals surface area contributed by atoms with Gasteiger partial charge < -0.3 is 5.32 Å². The number of rotatable bonds is 7. The Morgan fingerprint density at radius 3 is 2.96 bits per heavy atom. The van der Waals surface area contributed by atoms with Crippen molar-refractivity contribution in [2.24, 2.45) is 0 Å². The Hall–Kier alpha value is -2.14. The Labute approximate surface area is 153 Å². The van der Waals surface area contributed by atoms with Crippen LogP contribution < -0.4 is 11.1 Å². The Morgan fingerprint density at radius 1 is 1.36 bits per heavy atom. The molecule has 0 aliphatic carbocycles. The molecule has 3 aromatic rings. The molecular formula is C14H13BrFN5O3S. The summed E-state index contributed by atoms with van der Waals surface area (Å²) in [5, 5.41) is 14.4. The minimum Gasteiger partial charge on any atom is -0.365 e. The first-order valence-corrected chi connectivity index (χ1v) is 9.40. The number of anilines is 1. The standard InChI is InChI=1S/C14H13BrFN5O3S/c1-25-6-2-5-17-12-11(18-24-19-12)13-20-23-14(22)21(13)8-3-4-10(16)9(15)7-8/h3-4,7H,2,5-6H2,1H3,(H,17,19). The molecule has 0 amide bonds.